The topological polar surface area (TPSA) is 94.4 Å². The number of carbonyl (C=O) groups is 1. The Morgan fingerprint density at radius 2 is 2.08 bits per heavy atom. The lowest BCUT2D eigenvalue weighted by Crippen LogP contribution is -2.38. The van der Waals surface area contributed by atoms with Crippen LogP contribution in [0.5, 0.6) is 0 Å². The van der Waals surface area contributed by atoms with Crippen molar-refractivity contribution in [3.8, 4) is 0 Å². The molecular weight excluding hydrogens is 308 g/mol. The zero-order valence-corrected chi connectivity index (χ0v) is 14.2. The quantitative estimate of drug-likeness (QED) is 0.894. The lowest BCUT2D eigenvalue weighted by Gasteiger charge is -2.17. The van der Waals surface area contributed by atoms with Crippen LogP contribution in [0.15, 0.2) is 27.4 Å². The first-order valence-electron chi connectivity index (χ1n) is 8.00. The second-order valence-electron chi connectivity index (χ2n) is 6.43. The highest BCUT2D eigenvalue weighted by atomic mass is 16.3. The molecule has 1 aliphatic heterocycles. The van der Waals surface area contributed by atoms with Crippen LogP contribution in [0.2, 0.25) is 0 Å². The molecule has 2 unspecified atom stereocenters. The number of nitrogens with two attached hydrogens (primary N) is 1. The molecule has 3 rings (SSSR count). The Bertz CT molecular complexity index is 823. The largest absolute Gasteiger partial charge is 0.466 e. The van der Waals surface area contributed by atoms with Crippen LogP contribution < -0.4 is 11.4 Å². The number of aryl methyl sites for hydroxylation is 3. The van der Waals surface area contributed by atoms with Gasteiger partial charge in [0.1, 0.15) is 18.1 Å². The minimum absolute atomic E-state index is 0.0170. The van der Waals surface area contributed by atoms with E-state index in [2.05, 4.69) is 4.98 Å². The smallest absolute Gasteiger partial charge is 0.348 e. The Hall–Kier alpha value is -2.41. The minimum Gasteiger partial charge on any atom is -0.466 e. The molecule has 7 heteroatoms. The first-order valence-corrected chi connectivity index (χ1v) is 8.00. The van der Waals surface area contributed by atoms with Crippen molar-refractivity contribution in [2.24, 2.45) is 5.73 Å². The minimum atomic E-state index is -0.400. The zero-order chi connectivity index (χ0) is 17.4. The fourth-order valence-corrected chi connectivity index (χ4v) is 3.19. The van der Waals surface area contributed by atoms with Crippen molar-refractivity contribution < 1.29 is 9.21 Å². The van der Waals surface area contributed by atoms with E-state index in [1.54, 1.807) is 24.8 Å². The molecule has 0 aromatic carbocycles. The molecule has 2 N–H and O–H groups in total. The number of likely N-dealkylation sites (tertiary alicyclic amines) is 1. The van der Waals surface area contributed by atoms with Crippen LogP contribution in [0.25, 0.3) is 0 Å². The Kier molecular flexibility index (Phi) is 4.28. The number of nitrogens with zero attached hydrogens (tertiary/aromatic N) is 3. The van der Waals surface area contributed by atoms with Crippen molar-refractivity contribution in [2.75, 3.05) is 13.1 Å². The fraction of sp³-hybridized carbons (Fsp3) is 0.471. The predicted octanol–water partition coefficient (Wildman–Crippen LogP) is 0.715. The van der Waals surface area contributed by atoms with Crippen molar-refractivity contribution in [3.05, 3.63) is 51.6 Å². The highest BCUT2D eigenvalue weighted by Gasteiger charge is 2.35. The Morgan fingerprint density at radius 1 is 1.33 bits per heavy atom. The molecule has 0 bridgehead atoms. The van der Waals surface area contributed by atoms with Gasteiger partial charge in [0.15, 0.2) is 0 Å². The van der Waals surface area contributed by atoms with E-state index in [4.69, 9.17) is 10.2 Å². The van der Waals surface area contributed by atoms with E-state index < -0.39 is 5.69 Å². The normalized spacial score (nSPS) is 20.6. The number of carbonyl (C=O) groups excluding carboxylic acids is 1. The van der Waals surface area contributed by atoms with Crippen molar-refractivity contribution in [1.29, 1.82) is 0 Å². The van der Waals surface area contributed by atoms with Gasteiger partial charge in [-0.05, 0) is 39.0 Å². The van der Waals surface area contributed by atoms with E-state index in [9.17, 15) is 9.59 Å². The van der Waals surface area contributed by atoms with E-state index in [0.717, 1.165) is 17.2 Å². The molecule has 0 saturated carbocycles. The number of rotatable bonds is 3. The molecule has 2 aromatic heterocycles. The molecule has 0 aliphatic carbocycles. The number of aromatic nitrogens is 2. The van der Waals surface area contributed by atoms with Crippen LogP contribution in [-0.4, -0.2) is 39.5 Å². The molecule has 0 spiro atoms. The molecule has 1 amide bonds. The highest BCUT2D eigenvalue weighted by molar-refractivity contribution is 5.76. The van der Waals surface area contributed by atoms with Gasteiger partial charge in [0.25, 0.3) is 0 Å². The van der Waals surface area contributed by atoms with Gasteiger partial charge in [-0.2, -0.15) is 4.98 Å². The molecule has 1 fully saturated rings. The van der Waals surface area contributed by atoms with Crippen molar-refractivity contribution >= 4 is 5.91 Å². The van der Waals surface area contributed by atoms with E-state index in [0.29, 0.717) is 18.8 Å². The van der Waals surface area contributed by atoms with Gasteiger partial charge in [-0.15, -0.1) is 0 Å². The van der Waals surface area contributed by atoms with E-state index in [1.807, 2.05) is 19.1 Å². The predicted molar refractivity (Wildman–Crippen MR) is 88.7 cm³/mol. The van der Waals surface area contributed by atoms with Crippen LogP contribution in [0.3, 0.4) is 0 Å². The summed E-state index contributed by atoms with van der Waals surface area (Å²) in [7, 11) is 0. The fourth-order valence-electron chi connectivity index (χ4n) is 3.19. The van der Waals surface area contributed by atoms with Crippen molar-refractivity contribution in [2.45, 2.75) is 39.3 Å². The third kappa shape index (κ3) is 3.12. The maximum absolute atomic E-state index is 12.6. The summed E-state index contributed by atoms with van der Waals surface area (Å²) in [5.41, 5.74) is 7.16. The maximum atomic E-state index is 12.6. The summed E-state index contributed by atoms with van der Waals surface area (Å²) in [6.07, 6.45) is 0. The Balaban J connectivity index is 1.74. The van der Waals surface area contributed by atoms with Crippen molar-refractivity contribution in [3.63, 3.8) is 0 Å². The van der Waals surface area contributed by atoms with Crippen molar-refractivity contribution in [1.82, 2.24) is 14.5 Å². The van der Waals surface area contributed by atoms with Crippen LogP contribution in [0.4, 0.5) is 0 Å². The third-order valence-electron chi connectivity index (χ3n) is 4.48. The molecule has 3 heterocycles. The first-order chi connectivity index (χ1) is 11.3. The van der Waals surface area contributed by atoms with Gasteiger partial charge in [0, 0.05) is 30.5 Å². The van der Waals surface area contributed by atoms with Gasteiger partial charge in [-0.25, -0.2) is 4.79 Å². The average molecular weight is 330 g/mol. The summed E-state index contributed by atoms with van der Waals surface area (Å²) in [6, 6.07) is 5.42. The summed E-state index contributed by atoms with van der Waals surface area (Å²) in [6.45, 7) is 6.38. The second-order valence-corrected chi connectivity index (χ2v) is 6.43. The van der Waals surface area contributed by atoms with E-state index in [-0.39, 0.29) is 24.4 Å². The number of amides is 1. The molecule has 1 saturated heterocycles. The summed E-state index contributed by atoms with van der Waals surface area (Å²) in [5, 5.41) is 0. The van der Waals surface area contributed by atoms with Gasteiger partial charge in [-0.3, -0.25) is 9.36 Å². The van der Waals surface area contributed by atoms with Gasteiger partial charge in [0.05, 0.1) is 5.92 Å². The van der Waals surface area contributed by atoms with Crippen LogP contribution >= 0.6 is 0 Å². The number of furan rings is 1. The molecule has 7 nitrogen and oxygen atoms in total. The SMILES string of the molecule is Cc1cc(C)n(CC(=O)N2CC(N)C(c3ccc(C)o3)C2)c(=O)n1. The summed E-state index contributed by atoms with van der Waals surface area (Å²) < 4.78 is 7.05. The average Bonchev–Trinajstić information content (AvgIpc) is 3.08. The molecule has 0 radical (unpaired) electrons. The number of hydrogen-bond donors (Lipinski definition) is 1. The summed E-state index contributed by atoms with van der Waals surface area (Å²) in [4.78, 5) is 30.2. The second kappa shape index (κ2) is 6.24. The zero-order valence-electron chi connectivity index (χ0n) is 14.2. The van der Waals surface area contributed by atoms with E-state index in [1.165, 1.54) is 4.57 Å². The summed E-state index contributed by atoms with van der Waals surface area (Å²) in [5.74, 6) is 1.49. The van der Waals surface area contributed by atoms with Gasteiger partial charge in [-0.1, -0.05) is 0 Å². The molecule has 2 aromatic rings. The van der Waals surface area contributed by atoms with Crippen LogP contribution in [0.1, 0.15) is 28.8 Å². The molecule has 128 valence electrons. The van der Waals surface area contributed by atoms with Crippen LogP contribution in [0, 0.1) is 20.8 Å². The van der Waals surface area contributed by atoms with Gasteiger partial charge in [0.2, 0.25) is 5.91 Å². The lowest BCUT2D eigenvalue weighted by atomic mass is 10.0. The standard InChI is InChI=1S/C17H22N4O3/c1-10-6-11(2)21(17(23)19-10)9-16(22)20-7-13(14(18)8-20)15-5-4-12(3)24-15/h4-6,13-14H,7-9,18H2,1-3H3. The third-order valence-corrected chi connectivity index (χ3v) is 4.48. The monoisotopic (exact) mass is 330 g/mol. The molecule has 1 aliphatic rings. The lowest BCUT2D eigenvalue weighted by molar-refractivity contribution is -0.131. The highest BCUT2D eigenvalue weighted by Crippen LogP contribution is 2.28. The van der Waals surface area contributed by atoms with E-state index >= 15 is 0 Å². The molecular formula is C17H22N4O3. The molecule has 24 heavy (non-hydrogen) atoms. The Labute approximate surface area is 140 Å². The number of hydrogen-bond acceptors (Lipinski definition) is 5. The maximum Gasteiger partial charge on any atom is 0.348 e. The van der Waals surface area contributed by atoms with Gasteiger partial charge < -0.3 is 15.1 Å². The first kappa shape index (κ1) is 16.4. The Morgan fingerprint density at radius 3 is 2.71 bits per heavy atom. The molecule has 2 atom stereocenters. The summed E-state index contributed by atoms with van der Waals surface area (Å²) >= 11 is 0. The van der Waals surface area contributed by atoms with Crippen LogP contribution in [-0.2, 0) is 11.3 Å². The van der Waals surface area contributed by atoms with Gasteiger partial charge >= 0.3 is 5.69 Å².